The molecule has 168 valence electrons. The summed E-state index contributed by atoms with van der Waals surface area (Å²) < 4.78 is 41.2. The van der Waals surface area contributed by atoms with Gasteiger partial charge in [-0.1, -0.05) is 23.7 Å². The van der Waals surface area contributed by atoms with Crippen LogP contribution in [0.4, 0.5) is 10.1 Å². The number of nitrogens with one attached hydrogen (secondary N) is 2. The molecule has 32 heavy (non-hydrogen) atoms. The van der Waals surface area contributed by atoms with Crippen LogP contribution in [0.5, 0.6) is 0 Å². The maximum absolute atomic E-state index is 13.4. The molecule has 0 saturated carbocycles. The predicted molar refractivity (Wildman–Crippen MR) is 119 cm³/mol. The molecule has 1 amide bonds. The highest BCUT2D eigenvalue weighted by atomic mass is 32.2. The lowest BCUT2D eigenvalue weighted by atomic mass is 10.0. The Hall–Kier alpha value is -3.27. The molecule has 2 aliphatic rings. The number of amidine groups is 1. The van der Waals surface area contributed by atoms with Crippen LogP contribution >= 0.6 is 0 Å². The number of hydrogen-bond donors (Lipinski definition) is 2. The molecule has 0 radical (unpaired) electrons. The van der Waals surface area contributed by atoms with Gasteiger partial charge in [-0.15, -0.1) is 0 Å². The highest BCUT2D eigenvalue weighted by Crippen LogP contribution is 2.20. The largest absolute Gasteiger partial charge is 0.382 e. The highest BCUT2D eigenvalue weighted by molar-refractivity contribution is 7.90. The van der Waals surface area contributed by atoms with Crippen LogP contribution in [0.2, 0.25) is 0 Å². The van der Waals surface area contributed by atoms with Crippen molar-refractivity contribution < 1.29 is 22.4 Å². The number of aliphatic imine (C=N–C) groups is 1. The van der Waals surface area contributed by atoms with Crippen molar-refractivity contribution in [3.63, 3.8) is 0 Å². The van der Waals surface area contributed by atoms with Gasteiger partial charge in [0.05, 0.1) is 10.6 Å². The number of hydrogen-bond acceptors (Lipinski definition) is 6. The van der Waals surface area contributed by atoms with E-state index in [4.69, 9.17) is 4.84 Å². The van der Waals surface area contributed by atoms with Gasteiger partial charge in [-0.3, -0.25) is 14.5 Å². The molecule has 8 nitrogen and oxygen atoms in total. The minimum absolute atomic E-state index is 0.0799. The molecule has 2 heterocycles. The predicted octanol–water partition coefficient (Wildman–Crippen LogP) is 3.21. The fourth-order valence-electron chi connectivity index (χ4n) is 3.47. The van der Waals surface area contributed by atoms with Gasteiger partial charge in [0, 0.05) is 30.6 Å². The van der Waals surface area contributed by atoms with Crippen molar-refractivity contribution in [2.75, 3.05) is 11.9 Å². The van der Waals surface area contributed by atoms with E-state index < -0.39 is 27.9 Å². The lowest BCUT2D eigenvalue weighted by Gasteiger charge is -2.12. The second-order valence-corrected chi connectivity index (χ2v) is 9.29. The quantitative estimate of drug-likeness (QED) is 0.717. The summed E-state index contributed by atoms with van der Waals surface area (Å²) in [4.78, 5) is 22.1. The van der Waals surface area contributed by atoms with E-state index in [9.17, 15) is 17.6 Å². The molecule has 0 saturated heterocycles. The first kappa shape index (κ1) is 21.9. The highest BCUT2D eigenvalue weighted by Gasteiger charge is 2.29. The normalized spacial score (nSPS) is 18.7. The first-order chi connectivity index (χ1) is 15.4. The average Bonchev–Trinajstić information content (AvgIpc) is 3.14. The number of sulfonamides is 1. The summed E-state index contributed by atoms with van der Waals surface area (Å²) >= 11 is 0. The maximum atomic E-state index is 13.4. The third-order valence-corrected chi connectivity index (χ3v) is 6.57. The molecule has 10 heteroatoms. The molecule has 1 unspecified atom stereocenters. The fourth-order valence-corrected chi connectivity index (χ4v) is 4.56. The van der Waals surface area contributed by atoms with E-state index in [-0.39, 0.29) is 11.3 Å². The monoisotopic (exact) mass is 458 g/mol. The SMILES string of the molecule is O=C(Nc1ccc(S(=O)(=O)NC2=NCCCCC2)cc1)C1CC(c2cccc(F)c2)=NO1. The van der Waals surface area contributed by atoms with Gasteiger partial charge in [0.25, 0.3) is 15.9 Å². The zero-order chi connectivity index (χ0) is 22.6. The third-order valence-electron chi connectivity index (χ3n) is 5.18. The third kappa shape index (κ3) is 5.31. The van der Waals surface area contributed by atoms with E-state index in [1.165, 1.54) is 36.4 Å². The Labute approximate surface area is 185 Å². The molecule has 2 N–H and O–H groups in total. The van der Waals surface area contributed by atoms with Crippen molar-refractivity contribution in [2.24, 2.45) is 10.1 Å². The van der Waals surface area contributed by atoms with E-state index in [1.807, 2.05) is 0 Å². The van der Waals surface area contributed by atoms with E-state index in [1.54, 1.807) is 12.1 Å². The topological polar surface area (TPSA) is 109 Å². The van der Waals surface area contributed by atoms with Crippen molar-refractivity contribution in [1.29, 1.82) is 0 Å². The van der Waals surface area contributed by atoms with Crippen LogP contribution in [0.1, 0.15) is 37.7 Å². The summed E-state index contributed by atoms with van der Waals surface area (Å²) in [5.41, 5.74) is 1.46. The fraction of sp³-hybridized carbons (Fsp3) is 0.318. The Bertz CT molecular complexity index is 1160. The van der Waals surface area contributed by atoms with Crippen LogP contribution < -0.4 is 10.0 Å². The van der Waals surface area contributed by atoms with Crippen molar-refractivity contribution in [1.82, 2.24) is 4.72 Å². The molecule has 2 aromatic carbocycles. The number of carbonyl (C=O) groups excluding carboxylic acids is 1. The number of amides is 1. The number of benzene rings is 2. The minimum Gasteiger partial charge on any atom is -0.382 e. The van der Waals surface area contributed by atoms with Crippen LogP contribution in [0, 0.1) is 5.82 Å². The zero-order valence-electron chi connectivity index (χ0n) is 17.3. The Morgan fingerprint density at radius 2 is 1.91 bits per heavy atom. The molecule has 0 aromatic heterocycles. The second kappa shape index (κ2) is 9.47. The molecular formula is C22H23FN4O4S. The van der Waals surface area contributed by atoms with Gasteiger partial charge in [-0.25, -0.2) is 12.8 Å². The van der Waals surface area contributed by atoms with Crippen LogP contribution in [-0.2, 0) is 19.7 Å². The van der Waals surface area contributed by atoms with Crippen LogP contribution in [0.25, 0.3) is 0 Å². The number of anilines is 1. The number of oxime groups is 1. The van der Waals surface area contributed by atoms with Crippen molar-refractivity contribution in [2.45, 2.75) is 43.1 Å². The maximum Gasteiger partial charge on any atom is 0.268 e. The molecule has 0 aliphatic carbocycles. The first-order valence-corrected chi connectivity index (χ1v) is 11.8. The lowest BCUT2D eigenvalue weighted by Crippen LogP contribution is -2.30. The van der Waals surface area contributed by atoms with Gasteiger partial charge >= 0.3 is 0 Å². The van der Waals surface area contributed by atoms with Crippen molar-refractivity contribution >= 4 is 33.2 Å². The second-order valence-electron chi connectivity index (χ2n) is 7.60. The van der Waals surface area contributed by atoms with Crippen LogP contribution in [0.3, 0.4) is 0 Å². The van der Waals surface area contributed by atoms with Gasteiger partial charge in [0.1, 0.15) is 11.7 Å². The van der Waals surface area contributed by atoms with E-state index in [0.29, 0.717) is 35.8 Å². The Balaban J connectivity index is 1.35. The number of halogens is 1. The van der Waals surface area contributed by atoms with Gasteiger partial charge in [0.2, 0.25) is 6.10 Å². The summed E-state index contributed by atoms with van der Waals surface area (Å²) in [5.74, 6) is -0.345. The molecule has 2 aromatic rings. The lowest BCUT2D eigenvalue weighted by molar-refractivity contribution is -0.125. The van der Waals surface area contributed by atoms with Crippen molar-refractivity contribution in [3.8, 4) is 0 Å². The Morgan fingerprint density at radius 3 is 2.69 bits per heavy atom. The van der Waals surface area contributed by atoms with Gasteiger partial charge in [0.15, 0.2) is 0 Å². The summed E-state index contributed by atoms with van der Waals surface area (Å²) in [6, 6.07) is 11.8. The van der Waals surface area contributed by atoms with E-state index in [0.717, 1.165) is 19.3 Å². The van der Waals surface area contributed by atoms with Crippen LogP contribution in [-0.4, -0.2) is 38.5 Å². The first-order valence-electron chi connectivity index (χ1n) is 10.4. The smallest absolute Gasteiger partial charge is 0.268 e. The van der Waals surface area contributed by atoms with Gasteiger partial charge < -0.3 is 10.2 Å². The number of rotatable bonds is 5. The molecule has 4 rings (SSSR count). The molecule has 0 spiro atoms. The van der Waals surface area contributed by atoms with Gasteiger partial charge in [-0.05, 0) is 49.2 Å². The number of nitrogens with zero attached hydrogens (tertiary/aromatic N) is 2. The van der Waals surface area contributed by atoms with E-state index in [2.05, 4.69) is 20.2 Å². The standard InChI is InChI=1S/C22H23FN4O4S/c23-16-6-4-5-15(13-16)19-14-20(31-26-19)22(28)25-17-8-10-18(11-9-17)32(29,30)27-21-7-2-1-3-12-24-21/h4-6,8-11,13,20H,1-3,7,12,14H2,(H,24,27)(H,25,28). The summed E-state index contributed by atoms with van der Waals surface area (Å²) in [6.07, 6.45) is 2.84. The molecular weight excluding hydrogens is 435 g/mol. The average molecular weight is 459 g/mol. The Kier molecular flexibility index (Phi) is 6.50. The molecule has 2 aliphatic heterocycles. The number of carbonyl (C=O) groups is 1. The minimum atomic E-state index is -3.75. The summed E-state index contributed by atoms with van der Waals surface area (Å²) in [5, 5.41) is 6.58. The molecule has 0 fully saturated rings. The summed E-state index contributed by atoms with van der Waals surface area (Å²) in [6.45, 7) is 0.622. The molecule has 1 atom stereocenters. The van der Waals surface area contributed by atoms with E-state index >= 15 is 0 Å². The van der Waals surface area contributed by atoms with Gasteiger partial charge in [-0.2, -0.15) is 0 Å². The Morgan fingerprint density at radius 1 is 1.09 bits per heavy atom. The van der Waals surface area contributed by atoms with Crippen LogP contribution in [0.15, 0.2) is 63.6 Å². The van der Waals surface area contributed by atoms with Crippen molar-refractivity contribution in [3.05, 3.63) is 59.9 Å². The summed E-state index contributed by atoms with van der Waals surface area (Å²) in [7, 11) is -3.75. The zero-order valence-corrected chi connectivity index (χ0v) is 18.1. The molecule has 0 bridgehead atoms.